The van der Waals surface area contributed by atoms with Gasteiger partial charge in [-0.25, -0.2) is 14.6 Å². The minimum atomic E-state index is -0.00362. The first-order chi connectivity index (χ1) is 10.2. The van der Waals surface area contributed by atoms with Crippen LogP contribution in [0.25, 0.3) is 17.2 Å². The van der Waals surface area contributed by atoms with Gasteiger partial charge in [-0.05, 0) is 13.8 Å². The summed E-state index contributed by atoms with van der Waals surface area (Å²) in [5.41, 5.74) is 2.33. The molecule has 2 aromatic heterocycles. The number of carbonyl (C=O) groups is 1. The van der Waals surface area contributed by atoms with Crippen LogP contribution in [-0.4, -0.2) is 25.5 Å². The minimum absolute atomic E-state index is 0.00362. The minimum Gasteiger partial charge on any atom is -0.294 e. The van der Waals surface area contributed by atoms with Gasteiger partial charge in [0, 0.05) is 17.8 Å². The summed E-state index contributed by atoms with van der Waals surface area (Å²) < 4.78 is 1.66. The first-order valence-corrected chi connectivity index (χ1v) is 6.61. The van der Waals surface area contributed by atoms with E-state index in [2.05, 4.69) is 15.1 Å². The van der Waals surface area contributed by atoms with Gasteiger partial charge in [0.1, 0.15) is 0 Å². The molecule has 1 aromatic carbocycles. The second kappa shape index (κ2) is 5.28. The first kappa shape index (κ1) is 13.2. The Bertz CT molecular complexity index is 793. The van der Waals surface area contributed by atoms with Crippen LogP contribution in [-0.2, 0) is 0 Å². The van der Waals surface area contributed by atoms with Crippen molar-refractivity contribution >= 4 is 5.78 Å². The Labute approximate surface area is 122 Å². The molecule has 2 heterocycles. The van der Waals surface area contributed by atoms with Gasteiger partial charge >= 0.3 is 0 Å². The first-order valence-electron chi connectivity index (χ1n) is 6.61. The summed E-state index contributed by atoms with van der Waals surface area (Å²) in [5, 5.41) is 4.25. The quantitative estimate of drug-likeness (QED) is 0.691. The van der Waals surface area contributed by atoms with Gasteiger partial charge in [0.05, 0.1) is 17.5 Å². The van der Waals surface area contributed by atoms with Crippen LogP contribution in [0.3, 0.4) is 0 Å². The molecule has 3 aromatic rings. The van der Waals surface area contributed by atoms with E-state index in [-0.39, 0.29) is 5.78 Å². The average molecular weight is 278 g/mol. The molecule has 0 unspecified atom stereocenters. The predicted octanol–water partition coefficient (Wildman–Crippen LogP) is 2.84. The van der Waals surface area contributed by atoms with E-state index in [1.807, 2.05) is 37.3 Å². The zero-order valence-corrected chi connectivity index (χ0v) is 11.8. The molecule has 0 aliphatic rings. The zero-order chi connectivity index (χ0) is 14.8. The van der Waals surface area contributed by atoms with Gasteiger partial charge in [-0.2, -0.15) is 5.10 Å². The summed E-state index contributed by atoms with van der Waals surface area (Å²) in [6.07, 6.45) is 3.27. The normalized spacial score (nSPS) is 10.6. The fourth-order valence-corrected chi connectivity index (χ4v) is 2.18. The fourth-order valence-electron chi connectivity index (χ4n) is 2.18. The van der Waals surface area contributed by atoms with Gasteiger partial charge in [-0.1, -0.05) is 30.3 Å². The van der Waals surface area contributed by atoms with E-state index in [1.54, 1.807) is 23.1 Å². The molecular weight excluding hydrogens is 264 g/mol. The van der Waals surface area contributed by atoms with Crippen LogP contribution < -0.4 is 0 Å². The van der Waals surface area contributed by atoms with Gasteiger partial charge in [-0.3, -0.25) is 4.79 Å². The van der Waals surface area contributed by atoms with Crippen LogP contribution in [0.2, 0.25) is 0 Å². The number of benzene rings is 1. The molecular formula is C16H14N4O. The Balaban J connectivity index is 2.07. The number of hydrogen-bond acceptors (Lipinski definition) is 4. The SMILES string of the molecule is CC(=O)c1cnn(-c2ccnc(-c3ccccc3)n2)c1C. The van der Waals surface area contributed by atoms with Crippen LogP contribution in [0.4, 0.5) is 0 Å². The second-order valence-electron chi connectivity index (χ2n) is 4.72. The van der Waals surface area contributed by atoms with Crippen LogP contribution in [0.15, 0.2) is 48.8 Å². The molecule has 0 fully saturated rings. The summed E-state index contributed by atoms with van der Waals surface area (Å²) in [7, 11) is 0. The van der Waals surface area contributed by atoms with Crippen molar-refractivity contribution in [2.24, 2.45) is 0 Å². The molecule has 0 bridgehead atoms. The van der Waals surface area contributed by atoms with Crippen molar-refractivity contribution < 1.29 is 4.79 Å². The molecule has 0 N–H and O–H groups in total. The lowest BCUT2D eigenvalue weighted by Crippen LogP contribution is -2.04. The van der Waals surface area contributed by atoms with E-state index in [1.165, 1.54) is 6.92 Å². The third-order valence-electron chi connectivity index (χ3n) is 3.28. The number of Topliss-reactive ketones (excluding diaryl/α,β-unsaturated/α-hetero) is 1. The van der Waals surface area contributed by atoms with Crippen molar-refractivity contribution in [3.8, 4) is 17.2 Å². The van der Waals surface area contributed by atoms with E-state index in [0.717, 1.165) is 11.3 Å². The highest BCUT2D eigenvalue weighted by Crippen LogP contribution is 2.17. The molecule has 0 aliphatic heterocycles. The van der Waals surface area contributed by atoms with Crippen molar-refractivity contribution in [1.29, 1.82) is 0 Å². The summed E-state index contributed by atoms with van der Waals surface area (Å²) in [5.74, 6) is 1.28. The highest BCUT2D eigenvalue weighted by Gasteiger charge is 2.13. The number of carbonyl (C=O) groups excluding carboxylic acids is 1. The van der Waals surface area contributed by atoms with E-state index < -0.39 is 0 Å². The molecule has 3 rings (SSSR count). The Kier molecular flexibility index (Phi) is 3.31. The molecule has 0 atom stereocenters. The highest BCUT2D eigenvalue weighted by atomic mass is 16.1. The van der Waals surface area contributed by atoms with Crippen molar-refractivity contribution in [2.45, 2.75) is 13.8 Å². The molecule has 5 heteroatoms. The number of rotatable bonds is 3. The molecule has 0 amide bonds. The lowest BCUT2D eigenvalue weighted by Gasteiger charge is -2.06. The Morgan fingerprint density at radius 1 is 1.14 bits per heavy atom. The van der Waals surface area contributed by atoms with Crippen molar-refractivity contribution in [1.82, 2.24) is 19.7 Å². The van der Waals surface area contributed by atoms with Crippen LogP contribution in [0.5, 0.6) is 0 Å². The molecule has 0 saturated carbocycles. The molecule has 0 aliphatic carbocycles. The summed E-state index contributed by atoms with van der Waals surface area (Å²) >= 11 is 0. The average Bonchev–Trinajstić information content (AvgIpc) is 2.90. The summed E-state index contributed by atoms with van der Waals surface area (Å²) in [6, 6.07) is 11.5. The van der Waals surface area contributed by atoms with E-state index in [9.17, 15) is 4.79 Å². The maximum absolute atomic E-state index is 11.5. The Hall–Kier alpha value is -2.82. The molecule has 104 valence electrons. The third kappa shape index (κ3) is 2.45. The van der Waals surface area contributed by atoms with Gasteiger partial charge in [0.25, 0.3) is 0 Å². The van der Waals surface area contributed by atoms with Gasteiger partial charge in [0.2, 0.25) is 0 Å². The molecule has 21 heavy (non-hydrogen) atoms. The molecule has 0 radical (unpaired) electrons. The summed E-state index contributed by atoms with van der Waals surface area (Å²) in [6.45, 7) is 3.39. The van der Waals surface area contributed by atoms with E-state index >= 15 is 0 Å². The Morgan fingerprint density at radius 2 is 1.90 bits per heavy atom. The van der Waals surface area contributed by atoms with E-state index in [0.29, 0.717) is 17.2 Å². The Morgan fingerprint density at radius 3 is 2.57 bits per heavy atom. The molecule has 5 nitrogen and oxygen atoms in total. The summed E-state index contributed by atoms with van der Waals surface area (Å²) in [4.78, 5) is 20.3. The topological polar surface area (TPSA) is 60.7 Å². The van der Waals surface area contributed by atoms with Gasteiger partial charge in [-0.15, -0.1) is 0 Å². The van der Waals surface area contributed by atoms with Crippen molar-refractivity contribution in [3.05, 3.63) is 60.0 Å². The highest BCUT2D eigenvalue weighted by molar-refractivity contribution is 5.95. The lowest BCUT2D eigenvalue weighted by atomic mass is 10.2. The molecule has 0 spiro atoms. The fraction of sp³-hybridized carbons (Fsp3) is 0.125. The second-order valence-corrected chi connectivity index (χ2v) is 4.72. The van der Waals surface area contributed by atoms with Crippen molar-refractivity contribution in [3.63, 3.8) is 0 Å². The van der Waals surface area contributed by atoms with Crippen LogP contribution >= 0.6 is 0 Å². The van der Waals surface area contributed by atoms with Gasteiger partial charge in [0.15, 0.2) is 17.4 Å². The largest absolute Gasteiger partial charge is 0.294 e. The predicted molar refractivity (Wildman–Crippen MR) is 79.3 cm³/mol. The van der Waals surface area contributed by atoms with Crippen molar-refractivity contribution in [2.75, 3.05) is 0 Å². The number of ketones is 1. The lowest BCUT2D eigenvalue weighted by molar-refractivity contribution is 0.101. The maximum atomic E-state index is 11.5. The smallest absolute Gasteiger partial charge is 0.163 e. The standard InChI is InChI=1S/C16H14N4O/c1-11-14(12(2)21)10-18-20(11)15-8-9-17-16(19-15)13-6-4-3-5-7-13/h3-10H,1-2H3. The zero-order valence-electron chi connectivity index (χ0n) is 11.8. The third-order valence-corrected chi connectivity index (χ3v) is 3.28. The molecule has 0 saturated heterocycles. The number of hydrogen-bond donors (Lipinski definition) is 0. The number of aromatic nitrogens is 4. The van der Waals surface area contributed by atoms with Gasteiger partial charge < -0.3 is 0 Å². The van der Waals surface area contributed by atoms with Crippen LogP contribution in [0, 0.1) is 6.92 Å². The van der Waals surface area contributed by atoms with Crippen LogP contribution in [0.1, 0.15) is 23.0 Å². The monoisotopic (exact) mass is 278 g/mol. The maximum Gasteiger partial charge on any atom is 0.163 e. The number of nitrogens with zero attached hydrogens (tertiary/aromatic N) is 4. The van der Waals surface area contributed by atoms with E-state index in [4.69, 9.17) is 0 Å².